The summed E-state index contributed by atoms with van der Waals surface area (Å²) in [7, 11) is 0. The smallest absolute Gasteiger partial charge is 0.181 e. The van der Waals surface area contributed by atoms with E-state index in [-0.39, 0.29) is 0 Å². The number of nitrogens with zero attached hydrogens (tertiary/aromatic N) is 2. The van der Waals surface area contributed by atoms with Gasteiger partial charge in [-0.3, -0.25) is 4.98 Å². The van der Waals surface area contributed by atoms with Gasteiger partial charge in [0.1, 0.15) is 5.75 Å². The van der Waals surface area contributed by atoms with Crippen LogP contribution in [0.4, 0.5) is 5.13 Å². The second-order valence-corrected chi connectivity index (χ2v) is 5.14. The number of aromatic nitrogens is 2. The number of nitrogens with two attached hydrogens (primary N) is 1. The number of rotatable bonds is 3. The molecule has 0 aliphatic heterocycles. The number of thiazole rings is 1. The van der Waals surface area contributed by atoms with Gasteiger partial charge in [-0.15, -0.1) is 0 Å². The summed E-state index contributed by atoms with van der Waals surface area (Å²) in [4.78, 5) is 8.45. The van der Waals surface area contributed by atoms with Gasteiger partial charge in [0.05, 0.1) is 23.0 Å². The highest BCUT2D eigenvalue weighted by Gasteiger charge is 2.05. The van der Waals surface area contributed by atoms with E-state index < -0.39 is 0 Å². The van der Waals surface area contributed by atoms with Crippen molar-refractivity contribution in [3.8, 4) is 16.9 Å². The molecule has 0 fully saturated rings. The molecule has 3 rings (SSSR count). The normalized spacial score (nSPS) is 10.8. The van der Waals surface area contributed by atoms with E-state index in [0.717, 1.165) is 27.1 Å². The molecule has 0 bridgehead atoms. The van der Waals surface area contributed by atoms with E-state index in [9.17, 15) is 0 Å². The molecule has 19 heavy (non-hydrogen) atoms. The molecule has 5 heteroatoms. The first kappa shape index (κ1) is 11.9. The molecule has 0 unspecified atom stereocenters. The van der Waals surface area contributed by atoms with Crippen molar-refractivity contribution < 1.29 is 4.74 Å². The molecule has 2 heterocycles. The third kappa shape index (κ3) is 2.37. The standard InChI is InChI=1S/C14H13N3OS/c1-2-18-11-5-10(7-16-8-11)9-3-4-12-13(6-9)19-14(15)17-12/h3-8H,2H2,1H3,(H2,15,17). The van der Waals surface area contributed by atoms with Gasteiger partial charge < -0.3 is 10.5 Å². The molecule has 1 aromatic carbocycles. The van der Waals surface area contributed by atoms with Crippen molar-refractivity contribution in [2.24, 2.45) is 0 Å². The minimum atomic E-state index is 0.591. The molecular weight excluding hydrogens is 258 g/mol. The molecule has 0 saturated heterocycles. The van der Waals surface area contributed by atoms with Crippen LogP contribution >= 0.6 is 11.3 Å². The van der Waals surface area contributed by atoms with Crippen LogP contribution < -0.4 is 10.5 Å². The van der Waals surface area contributed by atoms with Crippen molar-refractivity contribution in [1.82, 2.24) is 9.97 Å². The molecule has 0 saturated carbocycles. The molecule has 0 aliphatic rings. The van der Waals surface area contributed by atoms with Crippen LogP contribution in [-0.4, -0.2) is 16.6 Å². The first-order chi connectivity index (χ1) is 9.26. The number of benzene rings is 1. The Bertz CT molecular complexity index is 724. The van der Waals surface area contributed by atoms with Crippen LogP contribution in [0.2, 0.25) is 0 Å². The van der Waals surface area contributed by atoms with Crippen molar-refractivity contribution in [2.45, 2.75) is 6.92 Å². The zero-order chi connectivity index (χ0) is 13.2. The summed E-state index contributed by atoms with van der Waals surface area (Å²) in [6.07, 6.45) is 3.55. The zero-order valence-corrected chi connectivity index (χ0v) is 11.3. The van der Waals surface area contributed by atoms with Crippen LogP contribution in [0.5, 0.6) is 5.75 Å². The highest BCUT2D eigenvalue weighted by molar-refractivity contribution is 7.22. The van der Waals surface area contributed by atoms with Gasteiger partial charge in [-0.25, -0.2) is 4.98 Å². The first-order valence-corrected chi connectivity index (χ1v) is 6.82. The Morgan fingerprint density at radius 3 is 2.95 bits per heavy atom. The molecule has 2 aromatic heterocycles. The summed E-state index contributed by atoms with van der Waals surface area (Å²) in [5, 5.41) is 0.591. The zero-order valence-electron chi connectivity index (χ0n) is 10.5. The lowest BCUT2D eigenvalue weighted by Gasteiger charge is -2.05. The predicted molar refractivity (Wildman–Crippen MR) is 78.4 cm³/mol. The molecule has 0 aliphatic carbocycles. The highest BCUT2D eigenvalue weighted by Crippen LogP contribution is 2.30. The van der Waals surface area contributed by atoms with E-state index in [0.29, 0.717) is 11.7 Å². The molecule has 0 amide bonds. The molecule has 4 nitrogen and oxygen atoms in total. The predicted octanol–water partition coefficient (Wildman–Crippen LogP) is 3.34. The third-order valence-corrected chi connectivity index (χ3v) is 3.61. The van der Waals surface area contributed by atoms with E-state index >= 15 is 0 Å². The fourth-order valence-corrected chi connectivity index (χ4v) is 2.72. The average molecular weight is 271 g/mol. The van der Waals surface area contributed by atoms with Crippen molar-refractivity contribution in [1.29, 1.82) is 0 Å². The lowest BCUT2D eigenvalue weighted by Crippen LogP contribution is -1.92. The van der Waals surface area contributed by atoms with Crippen LogP contribution in [0.15, 0.2) is 36.7 Å². The SMILES string of the molecule is CCOc1cncc(-c2ccc3nc(N)sc3c2)c1. The lowest BCUT2D eigenvalue weighted by atomic mass is 10.1. The molecule has 3 aromatic rings. The van der Waals surface area contributed by atoms with Crippen LogP contribution in [0.25, 0.3) is 21.3 Å². The molecular formula is C14H13N3OS. The number of fused-ring (bicyclic) bond motifs is 1. The van der Waals surface area contributed by atoms with Gasteiger partial charge in [0, 0.05) is 11.8 Å². The molecule has 2 N–H and O–H groups in total. The van der Waals surface area contributed by atoms with E-state index in [1.54, 1.807) is 6.20 Å². The Balaban J connectivity index is 2.05. The topological polar surface area (TPSA) is 61.0 Å². The Morgan fingerprint density at radius 1 is 1.21 bits per heavy atom. The largest absolute Gasteiger partial charge is 0.492 e. The van der Waals surface area contributed by atoms with Crippen molar-refractivity contribution in [2.75, 3.05) is 12.3 Å². The Morgan fingerprint density at radius 2 is 2.11 bits per heavy atom. The van der Waals surface area contributed by atoms with Gasteiger partial charge in [-0.05, 0) is 30.7 Å². The molecule has 0 radical (unpaired) electrons. The summed E-state index contributed by atoms with van der Waals surface area (Å²) in [6, 6.07) is 8.07. The highest BCUT2D eigenvalue weighted by atomic mass is 32.1. The van der Waals surface area contributed by atoms with Gasteiger partial charge in [-0.1, -0.05) is 17.4 Å². The van der Waals surface area contributed by atoms with Gasteiger partial charge >= 0.3 is 0 Å². The summed E-state index contributed by atoms with van der Waals surface area (Å²) < 4.78 is 6.55. The fraction of sp³-hybridized carbons (Fsp3) is 0.143. The van der Waals surface area contributed by atoms with Crippen LogP contribution in [-0.2, 0) is 0 Å². The first-order valence-electron chi connectivity index (χ1n) is 6.00. The minimum absolute atomic E-state index is 0.591. The van der Waals surface area contributed by atoms with Crippen molar-refractivity contribution in [3.05, 3.63) is 36.7 Å². The Hall–Kier alpha value is -2.14. The van der Waals surface area contributed by atoms with Gasteiger partial charge in [-0.2, -0.15) is 0 Å². The second-order valence-electron chi connectivity index (χ2n) is 4.08. The summed E-state index contributed by atoms with van der Waals surface area (Å²) >= 11 is 1.49. The van der Waals surface area contributed by atoms with Gasteiger partial charge in [0.25, 0.3) is 0 Å². The Kier molecular flexibility index (Phi) is 3.05. The van der Waals surface area contributed by atoms with E-state index in [1.807, 2.05) is 31.3 Å². The Labute approximate surface area is 114 Å². The monoisotopic (exact) mass is 271 g/mol. The summed E-state index contributed by atoms with van der Waals surface area (Å²) in [5.41, 5.74) is 8.76. The summed E-state index contributed by atoms with van der Waals surface area (Å²) in [5.74, 6) is 0.781. The van der Waals surface area contributed by atoms with Crippen molar-refractivity contribution >= 4 is 26.7 Å². The van der Waals surface area contributed by atoms with Crippen LogP contribution in [0.3, 0.4) is 0 Å². The van der Waals surface area contributed by atoms with E-state index in [2.05, 4.69) is 16.0 Å². The van der Waals surface area contributed by atoms with Gasteiger partial charge in [0.15, 0.2) is 5.13 Å². The molecule has 0 atom stereocenters. The van der Waals surface area contributed by atoms with Crippen molar-refractivity contribution in [3.63, 3.8) is 0 Å². The van der Waals surface area contributed by atoms with Gasteiger partial charge in [0.2, 0.25) is 0 Å². The number of hydrogen-bond donors (Lipinski definition) is 1. The molecule has 96 valence electrons. The van der Waals surface area contributed by atoms with Crippen LogP contribution in [0.1, 0.15) is 6.92 Å². The second kappa shape index (κ2) is 4.85. The molecule has 0 spiro atoms. The van der Waals surface area contributed by atoms with E-state index in [4.69, 9.17) is 10.5 Å². The number of ether oxygens (including phenoxy) is 1. The number of anilines is 1. The fourth-order valence-electron chi connectivity index (χ4n) is 1.94. The number of nitrogen functional groups attached to an aromatic ring is 1. The van der Waals surface area contributed by atoms with Crippen LogP contribution in [0, 0.1) is 0 Å². The third-order valence-electron chi connectivity index (χ3n) is 2.76. The van der Waals surface area contributed by atoms with E-state index in [1.165, 1.54) is 11.3 Å². The maximum absolute atomic E-state index is 5.72. The summed E-state index contributed by atoms with van der Waals surface area (Å²) in [6.45, 7) is 2.59. The minimum Gasteiger partial charge on any atom is -0.492 e. The average Bonchev–Trinajstić information content (AvgIpc) is 2.78. The number of hydrogen-bond acceptors (Lipinski definition) is 5. The maximum Gasteiger partial charge on any atom is 0.181 e. The lowest BCUT2D eigenvalue weighted by molar-refractivity contribution is 0.339. The number of pyridine rings is 1. The maximum atomic E-state index is 5.72. The quantitative estimate of drug-likeness (QED) is 0.793.